The number of aromatic nitrogens is 2. The van der Waals surface area contributed by atoms with Crippen LogP contribution in [-0.2, 0) is 0 Å². The maximum atomic E-state index is 12.2. The molecule has 1 atom stereocenters. The van der Waals surface area contributed by atoms with Gasteiger partial charge < -0.3 is 11.1 Å². The van der Waals surface area contributed by atoms with Crippen molar-refractivity contribution in [2.75, 3.05) is 5.73 Å². The number of rotatable bonds is 4. The van der Waals surface area contributed by atoms with Crippen LogP contribution in [0.5, 0.6) is 0 Å². The third-order valence-corrected chi connectivity index (χ3v) is 3.92. The van der Waals surface area contributed by atoms with Gasteiger partial charge in [0.25, 0.3) is 5.91 Å². The van der Waals surface area contributed by atoms with E-state index in [0.29, 0.717) is 10.0 Å². The number of nitrogens with zero attached hydrogens (tertiary/aromatic N) is 2. The summed E-state index contributed by atoms with van der Waals surface area (Å²) < 4.78 is 0.717. The van der Waals surface area contributed by atoms with Crippen molar-refractivity contribution >= 4 is 39.0 Å². The Morgan fingerprint density at radius 3 is 3.00 bits per heavy atom. The molecule has 0 aromatic carbocycles. The minimum Gasteiger partial charge on any atom is -0.383 e. The monoisotopic (exact) mass is 340 g/mol. The second-order valence-electron chi connectivity index (χ2n) is 3.89. The van der Waals surface area contributed by atoms with Gasteiger partial charge in [0.1, 0.15) is 10.8 Å². The molecule has 7 heteroatoms. The Hall–Kier alpha value is -1.47. The maximum Gasteiger partial charge on any atom is 0.255 e. The van der Waals surface area contributed by atoms with Crippen LogP contribution in [0.25, 0.3) is 0 Å². The molecule has 2 aromatic heterocycles. The van der Waals surface area contributed by atoms with Gasteiger partial charge in [-0.25, -0.2) is 9.97 Å². The van der Waals surface area contributed by atoms with Crippen molar-refractivity contribution in [3.8, 4) is 0 Å². The summed E-state index contributed by atoms with van der Waals surface area (Å²) in [6, 6.07) is 1.55. The zero-order chi connectivity index (χ0) is 13.8. The lowest BCUT2D eigenvalue weighted by Gasteiger charge is -2.15. The van der Waals surface area contributed by atoms with E-state index in [0.717, 1.165) is 11.4 Å². The zero-order valence-corrected chi connectivity index (χ0v) is 12.7. The fourth-order valence-electron chi connectivity index (χ4n) is 1.61. The molecule has 0 aliphatic carbocycles. The molecule has 0 aliphatic heterocycles. The molecule has 19 heavy (non-hydrogen) atoms. The molecule has 0 aliphatic rings. The normalized spacial score (nSPS) is 12.1. The first-order valence-electron chi connectivity index (χ1n) is 5.73. The largest absolute Gasteiger partial charge is 0.383 e. The molecule has 3 N–H and O–H groups in total. The second kappa shape index (κ2) is 6.12. The summed E-state index contributed by atoms with van der Waals surface area (Å²) in [5.74, 6) is -0.0250. The highest BCUT2D eigenvalue weighted by molar-refractivity contribution is 9.10. The Morgan fingerprint density at radius 2 is 2.37 bits per heavy atom. The average Bonchev–Trinajstić information content (AvgIpc) is 2.92. The van der Waals surface area contributed by atoms with Gasteiger partial charge in [0.2, 0.25) is 0 Å². The lowest BCUT2D eigenvalue weighted by molar-refractivity contribution is 0.0936. The summed E-state index contributed by atoms with van der Waals surface area (Å²) in [5, 5.41) is 5.70. The number of anilines is 1. The zero-order valence-electron chi connectivity index (χ0n) is 10.3. The number of nitrogens with two attached hydrogens (primary N) is 1. The Morgan fingerprint density at radius 1 is 1.58 bits per heavy atom. The SMILES string of the molecule is CCC(NC(=O)c1cc(Br)cnc1N)c1nccs1. The van der Waals surface area contributed by atoms with E-state index in [-0.39, 0.29) is 17.8 Å². The summed E-state index contributed by atoms with van der Waals surface area (Å²) >= 11 is 4.80. The average molecular weight is 341 g/mol. The first kappa shape index (κ1) is 14.0. The van der Waals surface area contributed by atoms with Gasteiger partial charge in [0, 0.05) is 22.2 Å². The predicted octanol–water partition coefficient (Wildman–Crippen LogP) is 2.76. The standard InChI is InChI=1S/C12H13BrN4OS/c1-2-9(12-15-3-4-19-12)17-11(18)8-5-7(13)6-16-10(8)14/h3-6,9H,2H2,1H3,(H2,14,16)(H,17,18). The van der Waals surface area contributed by atoms with Gasteiger partial charge in [-0.3, -0.25) is 4.79 Å². The molecule has 0 radical (unpaired) electrons. The molecule has 0 fully saturated rings. The molecular formula is C12H13BrN4OS. The molecule has 5 nitrogen and oxygen atoms in total. The highest BCUT2D eigenvalue weighted by Crippen LogP contribution is 2.21. The van der Waals surface area contributed by atoms with Crippen molar-refractivity contribution in [2.24, 2.45) is 0 Å². The quantitative estimate of drug-likeness (QED) is 0.896. The van der Waals surface area contributed by atoms with E-state index in [1.54, 1.807) is 18.5 Å². The smallest absolute Gasteiger partial charge is 0.255 e. The number of carbonyl (C=O) groups excluding carboxylic acids is 1. The number of thiazole rings is 1. The Bertz CT molecular complexity index is 573. The van der Waals surface area contributed by atoms with Crippen molar-refractivity contribution in [3.05, 3.63) is 38.9 Å². The van der Waals surface area contributed by atoms with Crippen LogP contribution in [0.4, 0.5) is 5.82 Å². The van der Waals surface area contributed by atoms with Gasteiger partial charge in [0.05, 0.1) is 11.6 Å². The molecule has 0 bridgehead atoms. The minimum atomic E-state index is -0.242. The number of halogens is 1. The number of pyridine rings is 1. The number of hydrogen-bond donors (Lipinski definition) is 2. The van der Waals surface area contributed by atoms with Crippen molar-refractivity contribution in [3.63, 3.8) is 0 Å². The lowest BCUT2D eigenvalue weighted by Crippen LogP contribution is -2.29. The van der Waals surface area contributed by atoms with Crippen LogP contribution in [0, 0.1) is 0 Å². The lowest BCUT2D eigenvalue weighted by atomic mass is 10.2. The third kappa shape index (κ3) is 3.30. The fourth-order valence-corrected chi connectivity index (χ4v) is 2.72. The molecule has 2 rings (SSSR count). The van der Waals surface area contributed by atoms with Crippen LogP contribution in [0.1, 0.15) is 34.8 Å². The highest BCUT2D eigenvalue weighted by Gasteiger charge is 2.18. The number of hydrogen-bond acceptors (Lipinski definition) is 5. The molecular weight excluding hydrogens is 328 g/mol. The Labute approximate surface area is 123 Å². The van der Waals surface area contributed by atoms with E-state index in [1.165, 1.54) is 11.3 Å². The number of nitrogen functional groups attached to an aromatic ring is 1. The molecule has 100 valence electrons. The van der Waals surface area contributed by atoms with Crippen LogP contribution in [0.3, 0.4) is 0 Å². The van der Waals surface area contributed by atoms with Crippen LogP contribution >= 0.6 is 27.3 Å². The van der Waals surface area contributed by atoms with E-state index in [4.69, 9.17) is 5.73 Å². The summed E-state index contributed by atoms with van der Waals surface area (Å²) in [6.45, 7) is 1.99. The van der Waals surface area contributed by atoms with Crippen LogP contribution in [0.15, 0.2) is 28.3 Å². The van der Waals surface area contributed by atoms with Gasteiger partial charge >= 0.3 is 0 Å². The molecule has 1 amide bonds. The van der Waals surface area contributed by atoms with E-state index in [1.807, 2.05) is 12.3 Å². The predicted molar refractivity (Wildman–Crippen MR) is 79.0 cm³/mol. The summed E-state index contributed by atoms with van der Waals surface area (Å²) in [6.07, 6.45) is 4.05. The van der Waals surface area contributed by atoms with Gasteiger partial charge in [-0.1, -0.05) is 6.92 Å². The molecule has 1 unspecified atom stereocenters. The summed E-state index contributed by atoms with van der Waals surface area (Å²) in [7, 11) is 0. The molecule has 0 spiro atoms. The van der Waals surface area contributed by atoms with Crippen molar-refractivity contribution < 1.29 is 4.79 Å². The van der Waals surface area contributed by atoms with Gasteiger partial charge in [-0.2, -0.15) is 0 Å². The summed E-state index contributed by atoms with van der Waals surface area (Å²) in [5.41, 5.74) is 6.09. The first-order chi connectivity index (χ1) is 9.11. The minimum absolute atomic E-state index is 0.106. The third-order valence-electron chi connectivity index (χ3n) is 2.59. The molecule has 0 saturated carbocycles. The number of amides is 1. The Balaban J connectivity index is 2.18. The fraction of sp³-hybridized carbons (Fsp3) is 0.250. The van der Waals surface area contributed by atoms with Crippen molar-refractivity contribution in [1.29, 1.82) is 0 Å². The van der Waals surface area contributed by atoms with Crippen molar-refractivity contribution in [2.45, 2.75) is 19.4 Å². The second-order valence-corrected chi connectivity index (χ2v) is 5.73. The van der Waals surface area contributed by atoms with E-state index < -0.39 is 0 Å². The van der Waals surface area contributed by atoms with Crippen molar-refractivity contribution in [1.82, 2.24) is 15.3 Å². The van der Waals surface area contributed by atoms with Gasteiger partial charge in [-0.15, -0.1) is 11.3 Å². The molecule has 2 aromatic rings. The highest BCUT2D eigenvalue weighted by atomic mass is 79.9. The number of carbonyl (C=O) groups is 1. The van der Waals surface area contributed by atoms with E-state index >= 15 is 0 Å². The number of nitrogens with one attached hydrogen (secondary N) is 1. The van der Waals surface area contributed by atoms with Gasteiger partial charge in [-0.05, 0) is 28.4 Å². The van der Waals surface area contributed by atoms with Crippen LogP contribution in [-0.4, -0.2) is 15.9 Å². The topological polar surface area (TPSA) is 80.9 Å². The van der Waals surface area contributed by atoms with E-state index in [9.17, 15) is 4.79 Å². The molecule has 2 heterocycles. The maximum absolute atomic E-state index is 12.2. The van der Waals surface area contributed by atoms with Crippen LogP contribution in [0.2, 0.25) is 0 Å². The first-order valence-corrected chi connectivity index (χ1v) is 7.40. The van der Waals surface area contributed by atoms with Gasteiger partial charge in [0.15, 0.2) is 0 Å². The summed E-state index contributed by atoms with van der Waals surface area (Å²) in [4.78, 5) is 20.4. The molecule has 0 saturated heterocycles. The van der Waals surface area contributed by atoms with E-state index in [2.05, 4.69) is 31.2 Å². The van der Waals surface area contributed by atoms with Crippen LogP contribution < -0.4 is 11.1 Å². The Kier molecular flexibility index (Phi) is 4.49.